The number of aryl methyl sites for hydroxylation is 1. The first-order valence-electron chi connectivity index (χ1n) is 9.58. The summed E-state index contributed by atoms with van der Waals surface area (Å²) in [7, 11) is 0. The second-order valence-electron chi connectivity index (χ2n) is 6.81. The third-order valence-corrected chi connectivity index (χ3v) is 4.72. The second-order valence-corrected chi connectivity index (χ2v) is 6.81. The van der Waals surface area contributed by atoms with Gasteiger partial charge in [-0.05, 0) is 43.0 Å². The van der Waals surface area contributed by atoms with Gasteiger partial charge in [-0.2, -0.15) is 0 Å². The van der Waals surface area contributed by atoms with E-state index in [1.54, 1.807) is 6.92 Å². The summed E-state index contributed by atoms with van der Waals surface area (Å²) >= 11 is 0. The molecule has 0 aliphatic rings. The van der Waals surface area contributed by atoms with Gasteiger partial charge in [0.05, 0.1) is 0 Å². The van der Waals surface area contributed by atoms with Gasteiger partial charge in [-0.15, -0.1) is 0 Å². The highest BCUT2D eigenvalue weighted by Crippen LogP contribution is 2.26. The number of carbonyl (C=O) groups excluding carboxylic acids is 2. The van der Waals surface area contributed by atoms with Crippen molar-refractivity contribution in [2.75, 3.05) is 11.9 Å². The van der Waals surface area contributed by atoms with Gasteiger partial charge in [0, 0.05) is 11.3 Å². The molecule has 1 heterocycles. The topological polar surface area (TPSA) is 81.4 Å². The minimum absolute atomic E-state index is 0.0664. The van der Waals surface area contributed by atoms with Crippen LogP contribution in [0.25, 0.3) is 11.5 Å². The van der Waals surface area contributed by atoms with E-state index in [0.717, 1.165) is 23.2 Å². The smallest absolute Gasteiger partial charge is 0.361 e. The largest absolute Gasteiger partial charge is 0.451 e. The van der Waals surface area contributed by atoms with E-state index in [-0.39, 0.29) is 5.69 Å². The molecule has 0 fully saturated rings. The van der Waals surface area contributed by atoms with Crippen molar-refractivity contribution in [1.29, 1.82) is 0 Å². The summed E-state index contributed by atoms with van der Waals surface area (Å²) in [5, 5.41) is 2.82. The molecule has 0 spiro atoms. The molecule has 2 aromatic carbocycles. The molecule has 1 atom stereocenters. The third kappa shape index (κ3) is 4.90. The molecule has 3 aromatic rings. The number of esters is 1. The third-order valence-electron chi connectivity index (χ3n) is 4.72. The van der Waals surface area contributed by atoms with Gasteiger partial charge in [0.1, 0.15) is 5.76 Å². The predicted octanol–water partition coefficient (Wildman–Crippen LogP) is 4.96. The van der Waals surface area contributed by atoms with Gasteiger partial charge >= 0.3 is 5.97 Å². The lowest BCUT2D eigenvalue weighted by Gasteiger charge is -2.15. The number of hydrogen-bond donors (Lipinski definition) is 1. The van der Waals surface area contributed by atoms with Crippen LogP contribution in [0.1, 0.15) is 48.0 Å². The Kier molecular flexibility index (Phi) is 6.44. The molecule has 0 aliphatic heterocycles. The van der Waals surface area contributed by atoms with Crippen molar-refractivity contribution in [1.82, 2.24) is 4.98 Å². The lowest BCUT2D eigenvalue weighted by molar-refractivity contribution is -0.119. The number of aromatic nitrogens is 1. The Morgan fingerprint density at radius 3 is 2.52 bits per heavy atom. The zero-order valence-electron chi connectivity index (χ0n) is 16.8. The van der Waals surface area contributed by atoms with Crippen molar-refractivity contribution in [2.24, 2.45) is 0 Å². The van der Waals surface area contributed by atoms with Crippen LogP contribution in [-0.4, -0.2) is 23.5 Å². The number of para-hydroxylation sites is 1. The molecule has 0 radical (unpaired) electrons. The summed E-state index contributed by atoms with van der Waals surface area (Å²) in [4.78, 5) is 28.9. The fourth-order valence-electron chi connectivity index (χ4n) is 2.94. The van der Waals surface area contributed by atoms with E-state index >= 15 is 0 Å². The van der Waals surface area contributed by atoms with Crippen molar-refractivity contribution in [3.05, 3.63) is 71.6 Å². The van der Waals surface area contributed by atoms with Gasteiger partial charge in [-0.1, -0.05) is 50.2 Å². The summed E-state index contributed by atoms with van der Waals surface area (Å²) in [6.45, 7) is 5.43. The highest BCUT2D eigenvalue weighted by Gasteiger charge is 2.20. The number of rotatable bonds is 7. The maximum Gasteiger partial charge on any atom is 0.361 e. The number of oxazole rings is 1. The van der Waals surface area contributed by atoms with E-state index in [2.05, 4.69) is 24.1 Å². The second kappa shape index (κ2) is 9.19. The van der Waals surface area contributed by atoms with Gasteiger partial charge in [0.15, 0.2) is 12.3 Å². The number of nitrogens with one attached hydrogen (secondary N) is 1. The maximum absolute atomic E-state index is 12.4. The fourth-order valence-corrected chi connectivity index (χ4v) is 2.94. The number of benzene rings is 2. The van der Waals surface area contributed by atoms with E-state index in [9.17, 15) is 9.59 Å². The van der Waals surface area contributed by atoms with E-state index in [1.165, 1.54) is 0 Å². The van der Waals surface area contributed by atoms with Crippen LogP contribution >= 0.6 is 0 Å². The summed E-state index contributed by atoms with van der Waals surface area (Å²) in [5.41, 5.74) is 2.60. The van der Waals surface area contributed by atoms with Crippen LogP contribution in [0.5, 0.6) is 0 Å². The Bertz CT molecular complexity index is 995. The molecular formula is C23H24N2O4. The predicted molar refractivity (Wildman–Crippen MR) is 111 cm³/mol. The number of anilines is 1. The van der Waals surface area contributed by atoms with Gasteiger partial charge in [-0.3, -0.25) is 4.79 Å². The molecule has 0 aliphatic carbocycles. The quantitative estimate of drug-likeness (QED) is 0.575. The van der Waals surface area contributed by atoms with Crippen LogP contribution in [-0.2, 0) is 9.53 Å². The van der Waals surface area contributed by atoms with Gasteiger partial charge in [-0.25, -0.2) is 9.78 Å². The Hall–Kier alpha value is -3.41. The number of carbonyl (C=O) groups is 2. The van der Waals surface area contributed by atoms with Crippen LogP contribution < -0.4 is 5.32 Å². The van der Waals surface area contributed by atoms with Crippen LogP contribution in [0.3, 0.4) is 0 Å². The SMILES string of the molecule is CC[C@@H](C)c1ccccc1NC(=O)COC(=O)c1nc(-c2ccccc2)oc1C. The molecular weight excluding hydrogens is 368 g/mol. The van der Waals surface area contributed by atoms with Crippen molar-refractivity contribution >= 4 is 17.6 Å². The lowest BCUT2D eigenvalue weighted by Crippen LogP contribution is -2.22. The van der Waals surface area contributed by atoms with Crippen molar-refractivity contribution in [2.45, 2.75) is 33.1 Å². The zero-order valence-corrected chi connectivity index (χ0v) is 16.8. The van der Waals surface area contributed by atoms with Crippen molar-refractivity contribution in [3.63, 3.8) is 0 Å². The summed E-state index contributed by atoms with van der Waals surface area (Å²) < 4.78 is 10.7. The molecule has 6 heteroatoms. The molecule has 150 valence electrons. The van der Waals surface area contributed by atoms with Crippen molar-refractivity contribution < 1.29 is 18.7 Å². The molecule has 1 amide bonds. The highest BCUT2D eigenvalue weighted by molar-refractivity contribution is 5.95. The van der Waals surface area contributed by atoms with Crippen LogP contribution in [0, 0.1) is 6.92 Å². The van der Waals surface area contributed by atoms with Crippen LogP contribution in [0.4, 0.5) is 5.69 Å². The van der Waals surface area contributed by atoms with Gasteiger partial charge in [0.25, 0.3) is 5.91 Å². The Morgan fingerprint density at radius 2 is 1.79 bits per heavy atom. The minimum atomic E-state index is -0.696. The fraction of sp³-hybridized carbons (Fsp3) is 0.261. The summed E-state index contributed by atoms with van der Waals surface area (Å²) in [5.74, 6) is -0.112. The monoisotopic (exact) mass is 392 g/mol. The Balaban J connectivity index is 1.63. The molecule has 1 N–H and O–H groups in total. The molecule has 0 bridgehead atoms. The number of hydrogen-bond acceptors (Lipinski definition) is 5. The Morgan fingerprint density at radius 1 is 1.10 bits per heavy atom. The minimum Gasteiger partial charge on any atom is -0.451 e. The zero-order chi connectivity index (χ0) is 20.8. The van der Waals surface area contributed by atoms with E-state index in [0.29, 0.717) is 17.6 Å². The molecule has 1 aromatic heterocycles. The standard InChI is InChI=1S/C23H24N2O4/c1-4-15(2)18-12-8-9-13-19(18)24-20(26)14-28-23(27)21-16(3)29-22(25-21)17-10-6-5-7-11-17/h5-13,15H,4,14H2,1-3H3,(H,24,26)/t15-/m1/s1. The number of ether oxygens (including phenoxy) is 1. The van der Waals surface area contributed by atoms with E-state index < -0.39 is 18.5 Å². The average molecular weight is 392 g/mol. The lowest BCUT2D eigenvalue weighted by atomic mass is 9.97. The first-order chi connectivity index (χ1) is 14.0. The highest BCUT2D eigenvalue weighted by atomic mass is 16.5. The van der Waals surface area contributed by atoms with Gasteiger partial charge in [0.2, 0.25) is 5.89 Å². The average Bonchev–Trinajstić information content (AvgIpc) is 3.14. The van der Waals surface area contributed by atoms with Crippen LogP contribution in [0.15, 0.2) is 59.0 Å². The van der Waals surface area contributed by atoms with E-state index in [1.807, 2.05) is 54.6 Å². The first kappa shape index (κ1) is 20.3. The van der Waals surface area contributed by atoms with Crippen molar-refractivity contribution in [3.8, 4) is 11.5 Å². The molecule has 29 heavy (non-hydrogen) atoms. The Labute approximate surface area is 169 Å². The van der Waals surface area contributed by atoms with E-state index in [4.69, 9.17) is 9.15 Å². The molecule has 3 rings (SSSR count). The number of nitrogens with zero attached hydrogens (tertiary/aromatic N) is 1. The molecule has 0 saturated carbocycles. The summed E-state index contributed by atoms with van der Waals surface area (Å²) in [6, 6.07) is 16.9. The molecule has 6 nitrogen and oxygen atoms in total. The first-order valence-corrected chi connectivity index (χ1v) is 9.58. The molecule has 0 saturated heterocycles. The normalized spacial score (nSPS) is 11.7. The van der Waals surface area contributed by atoms with Gasteiger partial charge < -0.3 is 14.5 Å². The number of amides is 1. The summed E-state index contributed by atoms with van der Waals surface area (Å²) in [6.07, 6.45) is 0.955. The van der Waals surface area contributed by atoms with Crippen LogP contribution in [0.2, 0.25) is 0 Å². The molecule has 0 unspecified atom stereocenters. The maximum atomic E-state index is 12.4.